The van der Waals surface area contributed by atoms with E-state index >= 15 is 0 Å². The maximum Gasteiger partial charge on any atom is 0.298 e. The molecule has 1 N–H and O–H groups in total. The molecule has 1 fully saturated rings. The van der Waals surface area contributed by atoms with E-state index in [4.69, 9.17) is 0 Å². The summed E-state index contributed by atoms with van der Waals surface area (Å²) in [4.78, 5) is 26.3. The molecule has 0 saturated carbocycles. The van der Waals surface area contributed by atoms with E-state index in [2.05, 4.69) is 6.58 Å². The monoisotopic (exact) mass is 337 g/mol. The van der Waals surface area contributed by atoms with Crippen LogP contribution in [0.3, 0.4) is 0 Å². The summed E-state index contributed by atoms with van der Waals surface area (Å²) in [5.41, 5.74) is 2.03. The number of hydrogen-bond acceptors (Lipinski definition) is 4. The van der Waals surface area contributed by atoms with E-state index in [1.165, 1.54) is 4.90 Å². The van der Waals surface area contributed by atoms with Gasteiger partial charge in [0.05, 0.1) is 10.6 Å². The minimum atomic E-state index is -0.338. The molecule has 0 unspecified atom stereocenters. The van der Waals surface area contributed by atoms with Crippen LogP contribution in [0.4, 0.5) is 10.5 Å². The van der Waals surface area contributed by atoms with Crippen molar-refractivity contribution in [1.82, 2.24) is 0 Å². The molecule has 120 valence electrons. The van der Waals surface area contributed by atoms with Gasteiger partial charge in [-0.25, -0.2) is 4.90 Å². The van der Waals surface area contributed by atoms with E-state index in [1.54, 1.807) is 54.6 Å². The van der Waals surface area contributed by atoms with Crippen molar-refractivity contribution in [1.29, 1.82) is 0 Å². The fraction of sp³-hybridized carbons (Fsp3) is 0.0526. The van der Waals surface area contributed by atoms with Gasteiger partial charge in [0.1, 0.15) is 5.75 Å². The van der Waals surface area contributed by atoms with Crippen LogP contribution in [0.2, 0.25) is 0 Å². The van der Waals surface area contributed by atoms with Crippen LogP contribution in [0.1, 0.15) is 11.1 Å². The number of imide groups is 1. The van der Waals surface area contributed by atoms with Gasteiger partial charge in [-0.05, 0) is 59.7 Å². The quantitative estimate of drug-likeness (QED) is 0.665. The van der Waals surface area contributed by atoms with Crippen LogP contribution in [0, 0.1) is 0 Å². The van der Waals surface area contributed by atoms with E-state index in [0.717, 1.165) is 22.9 Å². The van der Waals surface area contributed by atoms with E-state index in [0.29, 0.717) is 17.0 Å². The van der Waals surface area contributed by atoms with Crippen molar-refractivity contribution >= 4 is 34.7 Å². The zero-order chi connectivity index (χ0) is 17.1. The van der Waals surface area contributed by atoms with Gasteiger partial charge in [0.2, 0.25) is 0 Å². The van der Waals surface area contributed by atoms with Crippen LogP contribution >= 0.6 is 11.8 Å². The van der Waals surface area contributed by atoms with E-state index in [-0.39, 0.29) is 16.9 Å². The molecular formula is C19H15NO3S. The molecule has 1 aliphatic rings. The molecule has 24 heavy (non-hydrogen) atoms. The minimum absolute atomic E-state index is 0.185. The van der Waals surface area contributed by atoms with Gasteiger partial charge in [0.15, 0.2) is 0 Å². The molecule has 1 saturated heterocycles. The van der Waals surface area contributed by atoms with Crippen molar-refractivity contribution in [3.8, 4) is 5.75 Å². The molecule has 4 nitrogen and oxygen atoms in total. The first-order valence-electron chi connectivity index (χ1n) is 7.36. The van der Waals surface area contributed by atoms with Crippen LogP contribution in [0.15, 0.2) is 66.1 Å². The van der Waals surface area contributed by atoms with Gasteiger partial charge < -0.3 is 5.11 Å². The number of nitrogens with zero attached hydrogens (tertiary/aromatic N) is 1. The molecular weight excluding hydrogens is 322 g/mol. The number of amides is 2. The molecule has 0 aliphatic carbocycles. The molecule has 0 spiro atoms. The highest BCUT2D eigenvalue weighted by Crippen LogP contribution is 2.35. The zero-order valence-electron chi connectivity index (χ0n) is 12.8. The molecule has 1 heterocycles. The molecule has 0 bridgehead atoms. The van der Waals surface area contributed by atoms with Crippen molar-refractivity contribution in [2.75, 3.05) is 4.90 Å². The predicted octanol–water partition coefficient (Wildman–Crippen LogP) is 4.36. The molecule has 2 aromatic rings. The number of aromatic hydroxyl groups is 1. The van der Waals surface area contributed by atoms with Gasteiger partial charge in [-0.1, -0.05) is 30.3 Å². The number of carbonyl (C=O) groups is 2. The number of para-hydroxylation sites is 1. The molecule has 5 heteroatoms. The molecule has 2 amide bonds. The first-order chi connectivity index (χ1) is 11.6. The number of anilines is 1. The van der Waals surface area contributed by atoms with Crippen LogP contribution in [-0.4, -0.2) is 16.3 Å². The zero-order valence-corrected chi connectivity index (χ0v) is 13.6. The standard InChI is InChI=1S/C19H15NO3S/c1-2-6-14-11-13(9-10-16(14)21)12-17-18(22)20(19(23)24-17)15-7-4-3-5-8-15/h2-5,7-12,21H,1,6H2/b17-12-. The average Bonchev–Trinajstić information content (AvgIpc) is 2.85. The molecule has 1 aliphatic heterocycles. The largest absolute Gasteiger partial charge is 0.508 e. The number of carbonyl (C=O) groups excluding carboxylic acids is 2. The lowest BCUT2D eigenvalue weighted by Gasteiger charge is -2.11. The lowest BCUT2D eigenvalue weighted by Crippen LogP contribution is -2.27. The highest BCUT2D eigenvalue weighted by Gasteiger charge is 2.36. The Morgan fingerprint density at radius 2 is 1.88 bits per heavy atom. The smallest absolute Gasteiger partial charge is 0.298 e. The fourth-order valence-corrected chi connectivity index (χ4v) is 3.27. The first kappa shape index (κ1) is 16.1. The lowest BCUT2D eigenvalue weighted by atomic mass is 10.1. The first-order valence-corrected chi connectivity index (χ1v) is 8.17. The number of allylic oxidation sites excluding steroid dienone is 1. The normalized spacial score (nSPS) is 16.0. The Morgan fingerprint density at radius 1 is 1.12 bits per heavy atom. The van der Waals surface area contributed by atoms with Crippen molar-refractivity contribution < 1.29 is 14.7 Å². The van der Waals surface area contributed by atoms with Gasteiger partial charge in [0.25, 0.3) is 11.1 Å². The maximum atomic E-state index is 12.5. The Labute approximate surface area is 144 Å². The summed E-state index contributed by atoms with van der Waals surface area (Å²) < 4.78 is 0. The van der Waals surface area contributed by atoms with Crippen LogP contribution in [-0.2, 0) is 11.2 Å². The number of thioether (sulfide) groups is 1. The second kappa shape index (κ2) is 6.76. The van der Waals surface area contributed by atoms with Crippen LogP contribution < -0.4 is 4.90 Å². The summed E-state index contributed by atoms with van der Waals surface area (Å²) >= 11 is 0.911. The topological polar surface area (TPSA) is 57.6 Å². The summed E-state index contributed by atoms with van der Waals surface area (Å²) in [5.74, 6) is -0.154. The Bertz CT molecular complexity index is 843. The predicted molar refractivity (Wildman–Crippen MR) is 96.9 cm³/mol. The van der Waals surface area contributed by atoms with Gasteiger partial charge in [0, 0.05) is 0 Å². The highest BCUT2D eigenvalue weighted by atomic mass is 32.2. The Morgan fingerprint density at radius 3 is 2.58 bits per heavy atom. The summed E-state index contributed by atoms with van der Waals surface area (Å²) in [5, 5.41) is 9.49. The van der Waals surface area contributed by atoms with Crippen molar-refractivity contribution in [3.63, 3.8) is 0 Å². The second-order valence-corrected chi connectivity index (χ2v) is 6.23. The van der Waals surface area contributed by atoms with Gasteiger partial charge in [-0.2, -0.15) is 0 Å². The molecule has 2 aromatic carbocycles. The van der Waals surface area contributed by atoms with E-state index < -0.39 is 0 Å². The van der Waals surface area contributed by atoms with Crippen molar-refractivity contribution in [3.05, 3.63) is 77.2 Å². The number of phenolic OH excluding ortho intramolecular Hbond substituents is 1. The number of benzene rings is 2. The SMILES string of the molecule is C=CCc1cc(/C=C2\SC(=O)N(c3ccccc3)C2=O)ccc1O. The average molecular weight is 337 g/mol. The van der Waals surface area contributed by atoms with Crippen LogP contribution in [0.25, 0.3) is 6.08 Å². The molecule has 0 atom stereocenters. The minimum Gasteiger partial charge on any atom is -0.508 e. The highest BCUT2D eigenvalue weighted by molar-refractivity contribution is 8.19. The number of hydrogen-bond donors (Lipinski definition) is 1. The third kappa shape index (κ3) is 3.12. The second-order valence-electron chi connectivity index (χ2n) is 5.23. The van der Waals surface area contributed by atoms with E-state index in [9.17, 15) is 14.7 Å². The van der Waals surface area contributed by atoms with Crippen molar-refractivity contribution in [2.45, 2.75) is 6.42 Å². The van der Waals surface area contributed by atoms with E-state index in [1.807, 2.05) is 6.07 Å². The molecule has 0 radical (unpaired) electrons. The van der Waals surface area contributed by atoms with Gasteiger partial charge in [-0.15, -0.1) is 6.58 Å². The number of phenols is 1. The summed E-state index contributed by atoms with van der Waals surface area (Å²) in [6, 6.07) is 13.9. The van der Waals surface area contributed by atoms with Crippen LogP contribution in [0.5, 0.6) is 5.75 Å². The van der Waals surface area contributed by atoms with Gasteiger partial charge in [-0.3, -0.25) is 9.59 Å². The summed E-state index contributed by atoms with van der Waals surface area (Å²) in [7, 11) is 0. The third-order valence-corrected chi connectivity index (χ3v) is 4.44. The van der Waals surface area contributed by atoms with Crippen molar-refractivity contribution in [2.24, 2.45) is 0 Å². The summed E-state index contributed by atoms with van der Waals surface area (Å²) in [6.07, 6.45) is 3.89. The van der Waals surface area contributed by atoms with Gasteiger partial charge >= 0.3 is 0 Å². The molecule has 0 aromatic heterocycles. The lowest BCUT2D eigenvalue weighted by molar-refractivity contribution is -0.113. The molecule has 3 rings (SSSR count). The Hall–Kier alpha value is -2.79. The fourth-order valence-electron chi connectivity index (χ4n) is 2.43. The Kier molecular flexibility index (Phi) is 4.53. The number of rotatable bonds is 4. The Balaban J connectivity index is 1.92. The summed E-state index contributed by atoms with van der Waals surface area (Å²) in [6.45, 7) is 3.66. The maximum absolute atomic E-state index is 12.5. The third-order valence-electron chi connectivity index (χ3n) is 3.57.